The molecule has 11 nitrogen and oxygen atoms in total. The van der Waals surface area contributed by atoms with E-state index in [1.54, 1.807) is 38.1 Å². The van der Waals surface area contributed by atoms with E-state index in [-0.39, 0.29) is 5.91 Å². The number of nitrogens with one attached hydrogen (secondary N) is 4. The van der Waals surface area contributed by atoms with Crippen LogP contribution in [0, 0.1) is 0 Å². The van der Waals surface area contributed by atoms with Crippen LogP contribution < -0.4 is 10.6 Å². The number of carbonyl (C=O) groups is 3. The lowest BCUT2D eigenvalue weighted by molar-refractivity contribution is -0.141. The molecule has 252 valence electrons. The topological polar surface area (TPSA) is 146 Å². The van der Waals surface area contributed by atoms with Crippen LogP contribution in [-0.2, 0) is 9.59 Å². The molecule has 0 aliphatic carbocycles. The molecule has 3 amide bonds. The molecule has 11 heteroatoms. The lowest BCUT2D eigenvalue weighted by Crippen LogP contribution is -2.51. The number of rotatable bonds is 9. The standard InChI is InChI=1S/C38H41N7O4/c1-23(2)45(38(48)49)34(26-8-4-3-5-9-26)37(47)44-19-7-11-33(44)36(46)41-28-16-17-29-27(20-28)21-31(42-29)24-12-14-25(15-13-24)32-22-40-35(43-32)30-10-6-18-39-30/h3-5,8-9,12-17,20-23,30,33-34,39,42H,6-7,10-11,18-19H2,1-2H3,(H,40,43)(H,41,46)(H,48,49)/t30-,33-,34+/m0/s1. The van der Waals surface area contributed by atoms with Crippen molar-refractivity contribution in [3.63, 3.8) is 0 Å². The van der Waals surface area contributed by atoms with Gasteiger partial charge in [0.1, 0.15) is 17.9 Å². The molecule has 3 atom stereocenters. The van der Waals surface area contributed by atoms with E-state index in [1.807, 2.05) is 30.5 Å². The Hall–Kier alpha value is -5.42. The second-order valence-corrected chi connectivity index (χ2v) is 13.2. The molecule has 2 fully saturated rings. The minimum atomic E-state index is -1.18. The Morgan fingerprint density at radius 2 is 1.67 bits per heavy atom. The van der Waals surface area contributed by atoms with E-state index in [0.717, 1.165) is 63.5 Å². The molecule has 2 aliphatic rings. The summed E-state index contributed by atoms with van der Waals surface area (Å²) in [6.07, 6.45) is 4.11. The molecule has 4 heterocycles. The molecular formula is C38H41N7O4. The highest BCUT2D eigenvalue weighted by atomic mass is 16.4. The Balaban J connectivity index is 1.06. The third kappa shape index (κ3) is 6.54. The fourth-order valence-corrected chi connectivity index (χ4v) is 7.15. The molecule has 7 rings (SSSR count). The molecule has 2 saturated heterocycles. The first kappa shape index (κ1) is 32.1. The monoisotopic (exact) mass is 659 g/mol. The highest BCUT2D eigenvalue weighted by Gasteiger charge is 2.42. The number of hydrogen-bond acceptors (Lipinski definition) is 5. The van der Waals surface area contributed by atoms with Crippen LogP contribution in [0.3, 0.4) is 0 Å². The SMILES string of the molecule is CC(C)N(C(=O)O)[C@@H](C(=O)N1CCC[C@H]1C(=O)Nc1ccc2[nH]c(-c3ccc(-c4cnc([C@@H]5CCCN5)[nH]4)cc3)cc2c1)c1ccccc1. The fraction of sp³-hybridized carbons (Fsp3) is 0.316. The van der Waals surface area contributed by atoms with Crippen molar-refractivity contribution >= 4 is 34.5 Å². The summed E-state index contributed by atoms with van der Waals surface area (Å²) >= 11 is 0. The number of imidazole rings is 1. The number of aromatic nitrogens is 3. The van der Waals surface area contributed by atoms with Crippen LogP contribution in [0.4, 0.5) is 10.5 Å². The number of nitrogens with zero attached hydrogens (tertiary/aromatic N) is 3. The Labute approximate surface area is 284 Å². The maximum absolute atomic E-state index is 14.1. The minimum absolute atomic E-state index is 0.291. The minimum Gasteiger partial charge on any atom is -0.465 e. The molecule has 5 aromatic rings. The van der Waals surface area contributed by atoms with E-state index < -0.39 is 30.1 Å². The molecule has 5 N–H and O–H groups in total. The Kier molecular flexibility index (Phi) is 8.92. The van der Waals surface area contributed by atoms with Crippen LogP contribution in [0.15, 0.2) is 85.1 Å². The lowest BCUT2D eigenvalue weighted by Gasteiger charge is -2.36. The van der Waals surface area contributed by atoms with Gasteiger partial charge in [0.15, 0.2) is 0 Å². The van der Waals surface area contributed by atoms with E-state index in [2.05, 4.69) is 55.9 Å². The highest BCUT2D eigenvalue weighted by molar-refractivity contribution is 6.00. The number of aromatic amines is 2. The Morgan fingerprint density at radius 3 is 2.37 bits per heavy atom. The van der Waals surface area contributed by atoms with Crippen molar-refractivity contribution in [1.82, 2.24) is 30.1 Å². The second kappa shape index (κ2) is 13.6. The number of fused-ring (bicyclic) bond motifs is 1. The molecule has 3 aromatic carbocycles. The van der Waals surface area contributed by atoms with Crippen LogP contribution in [0.25, 0.3) is 33.4 Å². The second-order valence-electron chi connectivity index (χ2n) is 13.2. The number of carboxylic acid groups (broad SMARTS) is 1. The quantitative estimate of drug-likeness (QED) is 0.119. The summed E-state index contributed by atoms with van der Waals surface area (Å²) in [6, 6.07) is 23.1. The fourth-order valence-electron chi connectivity index (χ4n) is 7.15. The summed E-state index contributed by atoms with van der Waals surface area (Å²) in [5.41, 5.74) is 6.18. The van der Waals surface area contributed by atoms with E-state index in [4.69, 9.17) is 0 Å². The van der Waals surface area contributed by atoms with Gasteiger partial charge in [0, 0.05) is 34.9 Å². The Morgan fingerprint density at radius 1 is 0.918 bits per heavy atom. The van der Waals surface area contributed by atoms with Gasteiger partial charge in [0.05, 0.1) is 17.9 Å². The summed E-state index contributed by atoms with van der Waals surface area (Å²) in [5.74, 6) is 0.297. The average Bonchev–Trinajstić information content (AvgIpc) is 3.93. The molecule has 0 radical (unpaired) electrons. The number of anilines is 1. The van der Waals surface area contributed by atoms with Gasteiger partial charge < -0.3 is 30.6 Å². The highest BCUT2D eigenvalue weighted by Crippen LogP contribution is 2.32. The predicted molar refractivity (Wildman–Crippen MR) is 189 cm³/mol. The van der Waals surface area contributed by atoms with Gasteiger partial charge in [-0.25, -0.2) is 9.78 Å². The van der Waals surface area contributed by atoms with Gasteiger partial charge >= 0.3 is 6.09 Å². The largest absolute Gasteiger partial charge is 0.465 e. The molecule has 2 aliphatic heterocycles. The summed E-state index contributed by atoms with van der Waals surface area (Å²) in [4.78, 5) is 54.3. The van der Waals surface area contributed by atoms with Crippen molar-refractivity contribution in [2.75, 3.05) is 18.4 Å². The van der Waals surface area contributed by atoms with Crippen LogP contribution in [0.2, 0.25) is 0 Å². The predicted octanol–water partition coefficient (Wildman–Crippen LogP) is 6.71. The maximum atomic E-state index is 14.1. The molecule has 0 unspecified atom stereocenters. The number of amides is 3. The van der Waals surface area contributed by atoms with E-state index >= 15 is 0 Å². The summed E-state index contributed by atoms with van der Waals surface area (Å²) in [5, 5.41) is 17.5. The van der Waals surface area contributed by atoms with Gasteiger partial charge in [0.25, 0.3) is 5.91 Å². The van der Waals surface area contributed by atoms with Crippen LogP contribution in [0.1, 0.15) is 63.0 Å². The van der Waals surface area contributed by atoms with Crippen molar-refractivity contribution in [3.8, 4) is 22.5 Å². The number of carbonyl (C=O) groups excluding carboxylic acids is 2. The molecule has 0 saturated carbocycles. The van der Waals surface area contributed by atoms with E-state index in [0.29, 0.717) is 36.7 Å². The van der Waals surface area contributed by atoms with Crippen molar-refractivity contribution < 1.29 is 19.5 Å². The summed E-state index contributed by atoms with van der Waals surface area (Å²) in [6.45, 7) is 4.89. The zero-order valence-electron chi connectivity index (χ0n) is 27.6. The first-order valence-electron chi connectivity index (χ1n) is 17.0. The number of benzene rings is 3. The first-order valence-corrected chi connectivity index (χ1v) is 17.0. The van der Waals surface area contributed by atoms with Gasteiger partial charge in [-0.05, 0) is 87.0 Å². The maximum Gasteiger partial charge on any atom is 0.408 e. The van der Waals surface area contributed by atoms with Crippen LogP contribution >= 0.6 is 0 Å². The van der Waals surface area contributed by atoms with Crippen molar-refractivity contribution in [3.05, 3.63) is 96.4 Å². The van der Waals surface area contributed by atoms with Gasteiger partial charge in [0.2, 0.25) is 5.91 Å². The molecule has 49 heavy (non-hydrogen) atoms. The van der Waals surface area contributed by atoms with Gasteiger partial charge in [-0.2, -0.15) is 0 Å². The number of likely N-dealkylation sites (tertiary alicyclic amines) is 1. The molecule has 0 bridgehead atoms. The van der Waals surface area contributed by atoms with E-state index in [9.17, 15) is 19.5 Å². The smallest absolute Gasteiger partial charge is 0.408 e. The summed E-state index contributed by atoms with van der Waals surface area (Å²) < 4.78 is 0. The van der Waals surface area contributed by atoms with Gasteiger partial charge in [-0.3, -0.25) is 14.5 Å². The first-order chi connectivity index (χ1) is 23.8. The van der Waals surface area contributed by atoms with Crippen molar-refractivity contribution in [1.29, 1.82) is 0 Å². The zero-order chi connectivity index (χ0) is 34.1. The number of hydrogen-bond donors (Lipinski definition) is 5. The third-order valence-electron chi connectivity index (χ3n) is 9.62. The Bertz CT molecular complexity index is 1960. The van der Waals surface area contributed by atoms with Crippen LogP contribution in [0.5, 0.6) is 0 Å². The van der Waals surface area contributed by atoms with Gasteiger partial charge in [-0.15, -0.1) is 0 Å². The van der Waals surface area contributed by atoms with Crippen molar-refractivity contribution in [2.45, 2.75) is 63.7 Å². The van der Waals surface area contributed by atoms with Gasteiger partial charge in [-0.1, -0.05) is 54.6 Å². The number of H-pyrrole nitrogens is 2. The zero-order valence-corrected chi connectivity index (χ0v) is 27.6. The molecule has 0 spiro atoms. The lowest BCUT2D eigenvalue weighted by atomic mass is 10.0. The summed E-state index contributed by atoms with van der Waals surface area (Å²) in [7, 11) is 0. The average molecular weight is 660 g/mol. The third-order valence-corrected chi connectivity index (χ3v) is 9.62. The van der Waals surface area contributed by atoms with Crippen LogP contribution in [-0.4, -0.2) is 72.9 Å². The normalized spacial score (nSPS) is 18.2. The van der Waals surface area contributed by atoms with Crippen molar-refractivity contribution in [2.24, 2.45) is 0 Å². The van der Waals surface area contributed by atoms with E-state index in [1.165, 1.54) is 4.90 Å². The molecule has 2 aromatic heterocycles. The molecular weight excluding hydrogens is 618 g/mol.